The zero-order chi connectivity index (χ0) is 18.7. The molecule has 5 nitrogen and oxygen atoms in total. The number of carbonyl (C=O) groups is 2. The van der Waals surface area contributed by atoms with Gasteiger partial charge in [0.25, 0.3) is 0 Å². The molecule has 0 aromatic rings. The lowest BCUT2D eigenvalue weighted by molar-refractivity contribution is -0.145. The molecule has 0 radical (unpaired) electrons. The third-order valence-corrected chi connectivity index (χ3v) is 4.87. The molecular weight excluding hydrogens is 320 g/mol. The van der Waals surface area contributed by atoms with Gasteiger partial charge in [0, 0.05) is 17.6 Å². The number of hydrogen-bond acceptors (Lipinski definition) is 5. The van der Waals surface area contributed by atoms with Crippen LogP contribution in [0.2, 0.25) is 0 Å². The maximum Gasteiger partial charge on any atom is 0.334 e. The van der Waals surface area contributed by atoms with E-state index in [0.29, 0.717) is 30.4 Å². The van der Waals surface area contributed by atoms with Crippen LogP contribution in [0.5, 0.6) is 0 Å². The summed E-state index contributed by atoms with van der Waals surface area (Å²) < 4.78 is 11.1. The Morgan fingerprint density at radius 3 is 2.76 bits per heavy atom. The Labute approximate surface area is 148 Å². The average molecular weight is 346 g/mol. The molecule has 0 saturated carbocycles. The van der Waals surface area contributed by atoms with E-state index >= 15 is 0 Å². The van der Waals surface area contributed by atoms with Crippen molar-refractivity contribution in [2.24, 2.45) is 5.92 Å². The number of esters is 2. The van der Waals surface area contributed by atoms with Gasteiger partial charge < -0.3 is 14.6 Å². The standard InChI is InChI=1S/C20H26O5/c1-6-12(3)19(22)24-16-9-11(2)7-8-15(21)13(4)10-17-18(16)14(5)20(23)25-17/h6,9,15-18,21H,4-5,7-8,10H2,1-3H3/b11-9+,12-6-/t15-,16-,17+,18+/m1/s1. The van der Waals surface area contributed by atoms with Crippen molar-refractivity contribution in [1.29, 1.82) is 0 Å². The summed E-state index contributed by atoms with van der Waals surface area (Å²) in [5.41, 5.74) is 2.36. The first-order valence-corrected chi connectivity index (χ1v) is 8.51. The van der Waals surface area contributed by atoms with Crippen molar-refractivity contribution in [3.05, 3.63) is 47.6 Å². The number of ether oxygens (including phenoxy) is 2. The number of aliphatic hydroxyl groups excluding tert-OH is 1. The smallest absolute Gasteiger partial charge is 0.334 e. The minimum Gasteiger partial charge on any atom is -0.458 e. The lowest BCUT2D eigenvalue weighted by atomic mass is 9.84. The van der Waals surface area contributed by atoms with Crippen molar-refractivity contribution in [3.8, 4) is 0 Å². The molecule has 0 aromatic heterocycles. The zero-order valence-electron chi connectivity index (χ0n) is 15.1. The molecule has 1 saturated heterocycles. The zero-order valence-corrected chi connectivity index (χ0v) is 15.1. The molecule has 136 valence electrons. The molecule has 1 heterocycles. The number of hydrogen-bond donors (Lipinski definition) is 1. The number of allylic oxidation sites excluding steroid dienone is 2. The van der Waals surface area contributed by atoms with E-state index in [1.165, 1.54) is 0 Å². The third kappa shape index (κ3) is 4.28. The van der Waals surface area contributed by atoms with E-state index in [1.54, 1.807) is 19.9 Å². The van der Waals surface area contributed by atoms with Crippen LogP contribution in [0, 0.1) is 5.92 Å². The number of aliphatic hydroxyl groups is 1. The van der Waals surface area contributed by atoms with Gasteiger partial charge in [0.2, 0.25) is 0 Å². The Kier molecular flexibility index (Phi) is 6.01. The van der Waals surface area contributed by atoms with Crippen molar-refractivity contribution in [1.82, 2.24) is 0 Å². The molecule has 0 amide bonds. The van der Waals surface area contributed by atoms with Gasteiger partial charge >= 0.3 is 11.9 Å². The highest BCUT2D eigenvalue weighted by atomic mass is 16.6. The Bertz CT molecular complexity index is 655. The highest BCUT2D eigenvalue weighted by Gasteiger charge is 2.45. The summed E-state index contributed by atoms with van der Waals surface area (Å²) in [4.78, 5) is 24.3. The normalized spacial score (nSPS) is 33.2. The fourth-order valence-electron chi connectivity index (χ4n) is 3.10. The quantitative estimate of drug-likeness (QED) is 0.473. The van der Waals surface area contributed by atoms with Crippen LogP contribution in [0.25, 0.3) is 0 Å². The van der Waals surface area contributed by atoms with Crippen molar-refractivity contribution < 1.29 is 24.2 Å². The van der Waals surface area contributed by atoms with Crippen LogP contribution >= 0.6 is 0 Å². The summed E-state index contributed by atoms with van der Waals surface area (Å²) >= 11 is 0. The Hall–Kier alpha value is -2.14. The van der Waals surface area contributed by atoms with Gasteiger partial charge in [-0.15, -0.1) is 0 Å². The molecule has 1 aliphatic heterocycles. The van der Waals surface area contributed by atoms with Gasteiger partial charge in [-0.1, -0.05) is 24.8 Å². The van der Waals surface area contributed by atoms with Gasteiger partial charge in [0.1, 0.15) is 12.2 Å². The largest absolute Gasteiger partial charge is 0.458 e. The van der Waals surface area contributed by atoms with E-state index in [2.05, 4.69) is 13.2 Å². The Balaban J connectivity index is 2.40. The lowest BCUT2D eigenvalue weighted by Crippen LogP contribution is -2.34. The van der Waals surface area contributed by atoms with Gasteiger partial charge in [0.05, 0.1) is 12.0 Å². The lowest BCUT2D eigenvalue weighted by Gasteiger charge is -2.28. The minimum absolute atomic E-state index is 0.285. The first-order chi connectivity index (χ1) is 11.7. The molecule has 2 aliphatic rings. The fourth-order valence-corrected chi connectivity index (χ4v) is 3.10. The molecule has 25 heavy (non-hydrogen) atoms. The number of fused-ring (bicyclic) bond motifs is 1. The van der Waals surface area contributed by atoms with E-state index in [9.17, 15) is 14.7 Å². The molecule has 4 atom stereocenters. The molecule has 5 heteroatoms. The molecule has 0 aromatic carbocycles. The second kappa shape index (κ2) is 7.83. The second-order valence-electron chi connectivity index (χ2n) is 6.77. The Morgan fingerprint density at radius 2 is 2.12 bits per heavy atom. The monoisotopic (exact) mass is 346 g/mol. The molecule has 0 bridgehead atoms. The average Bonchev–Trinajstić information content (AvgIpc) is 2.84. The van der Waals surface area contributed by atoms with Gasteiger partial charge in [0.15, 0.2) is 0 Å². The van der Waals surface area contributed by atoms with Gasteiger partial charge in [-0.3, -0.25) is 0 Å². The predicted molar refractivity (Wildman–Crippen MR) is 94.6 cm³/mol. The highest BCUT2D eigenvalue weighted by molar-refractivity contribution is 5.91. The first-order valence-electron chi connectivity index (χ1n) is 8.51. The van der Waals surface area contributed by atoms with Crippen molar-refractivity contribution >= 4 is 11.9 Å². The minimum atomic E-state index is -0.652. The van der Waals surface area contributed by atoms with Crippen LogP contribution in [0.15, 0.2) is 47.6 Å². The van der Waals surface area contributed by atoms with Crippen LogP contribution in [-0.4, -0.2) is 35.4 Å². The van der Waals surface area contributed by atoms with Crippen LogP contribution < -0.4 is 0 Å². The van der Waals surface area contributed by atoms with E-state index in [4.69, 9.17) is 9.47 Å². The summed E-state index contributed by atoms with van der Waals surface area (Å²) in [6.07, 6.45) is 3.17. The van der Waals surface area contributed by atoms with Crippen LogP contribution in [0.3, 0.4) is 0 Å². The topological polar surface area (TPSA) is 72.8 Å². The van der Waals surface area contributed by atoms with Crippen molar-refractivity contribution in [3.63, 3.8) is 0 Å². The summed E-state index contributed by atoms with van der Waals surface area (Å²) in [5, 5.41) is 10.2. The van der Waals surface area contributed by atoms with Gasteiger partial charge in [-0.2, -0.15) is 0 Å². The van der Waals surface area contributed by atoms with Gasteiger partial charge in [-0.25, -0.2) is 9.59 Å². The Morgan fingerprint density at radius 1 is 1.44 bits per heavy atom. The van der Waals surface area contributed by atoms with E-state index < -0.39 is 36.2 Å². The molecule has 1 N–H and O–H groups in total. The highest BCUT2D eigenvalue weighted by Crippen LogP contribution is 2.37. The number of rotatable bonds is 2. The van der Waals surface area contributed by atoms with E-state index in [0.717, 1.165) is 5.57 Å². The summed E-state index contributed by atoms with van der Waals surface area (Å²) in [7, 11) is 0. The van der Waals surface area contributed by atoms with Crippen LogP contribution in [0.1, 0.15) is 40.0 Å². The van der Waals surface area contributed by atoms with Crippen molar-refractivity contribution in [2.45, 2.75) is 58.3 Å². The molecule has 0 unspecified atom stereocenters. The van der Waals surface area contributed by atoms with Gasteiger partial charge in [-0.05, 0) is 45.3 Å². The molecule has 1 fully saturated rings. The summed E-state index contributed by atoms with van der Waals surface area (Å²) in [6, 6.07) is 0. The fraction of sp³-hybridized carbons (Fsp3) is 0.500. The maximum absolute atomic E-state index is 12.3. The SMILES string of the molecule is C=C1C(=O)O[C@H]2CC(=C)[C@H](O)CC/C(C)=C/[C@@H](OC(=O)/C(C)=C\C)[C@H]12. The van der Waals surface area contributed by atoms with E-state index in [1.807, 2.05) is 13.0 Å². The molecule has 0 spiro atoms. The molecular formula is C20H26O5. The van der Waals surface area contributed by atoms with E-state index in [-0.39, 0.29) is 5.57 Å². The summed E-state index contributed by atoms with van der Waals surface area (Å²) in [6.45, 7) is 13.1. The predicted octanol–water partition coefficient (Wildman–Crippen LogP) is 3.01. The van der Waals surface area contributed by atoms with Crippen LogP contribution in [0.4, 0.5) is 0 Å². The first kappa shape index (κ1) is 19.2. The maximum atomic E-state index is 12.3. The second-order valence-corrected chi connectivity index (χ2v) is 6.77. The number of carbonyl (C=O) groups excluding carboxylic acids is 2. The van der Waals surface area contributed by atoms with Crippen LogP contribution in [-0.2, 0) is 19.1 Å². The summed E-state index contributed by atoms with van der Waals surface area (Å²) in [5.74, 6) is -1.41. The molecule has 2 rings (SSSR count). The third-order valence-electron chi connectivity index (χ3n) is 4.87. The van der Waals surface area contributed by atoms with Crippen molar-refractivity contribution in [2.75, 3.05) is 0 Å². The molecule has 1 aliphatic carbocycles.